The molecule has 0 bridgehead atoms. The molecule has 10 nitrogen and oxygen atoms in total. The first-order valence-corrected chi connectivity index (χ1v) is 12.9. The third kappa shape index (κ3) is 8.38. The van der Waals surface area contributed by atoms with Crippen LogP contribution < -0.4 is 20.7 Å². The Morgan fingerprint density at radius 2 is 1.88 bits per heavy atom. The second-order valence-corrected chi connectivity index (χ2v) is 10.00. The molecule has 3 aromatic rings. The van der Waals surface area contributed by atoms with Gasteiger partial charge in [0.2, 0.25) is 11.8 Å². The fourth-order valence-electron chi connectivity index (χ4n) is 4.23. The highest BCUT2D eigenvalue weighted by Gasteiger charge is 2.26. The van der Waals surface area contributed by atoms with Crippen molar-refractivity contribution < 1.29 is 23.1 Å². The molecule has 1 fully saturated rings. The molecule has 1 atom stereocenters. The number of hydrogen-bond donors (Lipinski definition) is 3. The lowest BCUT2D eigenvalue weighted by Crippen LogP contribution is -2.35. The molecule has 4 rings (SSSR count). The molecule has 0 unspecified atom stereocenters. The molecule has 0 radical (unpaired) electrons. The van der Waals surface area contributed by atoms with Gasteiger partial charge in [0.1, 0.15) is 18.0 Å². The van der Waals surface area contributed by atoms with Crippen molar-refractivity contribution in [2.24, 2.45) is 5.92 Å². The third-order valence-electron chi connectivity index (χ3n) is 6.01. The zero-order chi connectivity index (χ0) is 28.6. The standard InChI is InChI=1S/C27H29F2N7O3S/c1-35(2)14-18-9-10-36(15-18)27(38)33-23-13-25(31-16-30-23)39-22-8-7-20(12-21(22)29)32-26(40)34-24(37)11-17-3-5-19(28)6-4-17/h3-8,12-13,16,18H,9-11,14-15H2,1-2H3,(H,30,31,33,38)(H2,32,34,37,40)/t18-/m0/s1. The molecule has 40 heavy (non-hydrogen) atoms. The largest absolute Gasteiger partial charge is 0.436 e. The Hall–Kier alpha value is -4.23. The number of anilines is 2. The van der Waals surface area contributed by atoms with Crippen LogP contribution in [0.2, 0.25) is 0 Å². The van der Waals surface area contributed by atoms with E-state index in [9.17, 15) is 18.4 Å². The summed E-state index contributed by atoms with van der Waals surface area (Å²) in [4.78, 5) is 36.7. The van der Waals surface area contributed by atoms with Gasteiger partial charge in [0, 0.05) is 37.5 Å². The molecule has 13 heteroatoms. The SMILES string of the molecule is CN(C)C[C@@H]1CCN(C(=O)Nc2cc(Oc3ccc(NC(=S)NC(=O)Cc4ccc(F)cc4)cc3F)ncn2)C1. The van der Waals surface area contributed by atoms with Gasteiger partial charge in [-0.25, -0.2) is 23.5 Å². The van der Waals surface area contributed by atoms with Gasteiger partial charge in [-0.1, -0.05) is 12.1 Å². The van der Waals surface area contributed by atoms with Crippen molar-refractivity contribution in [2.75, 3.05) is 44.4 Å². The molecule has 3 N–H and O–H groups in total. The quantitative estimate of drug-likeness (QED) is 0.349. The Labute approximate surface area is 235 Å². The Morgan fingerprint density at radius 1 is 1.10 bits per heavy atom. The van der Waals surface area contributed by atoms with Crippen LogP contribution in [-0.4, -0.2) is 70.5 Å². The molecule has 2 heterocycles. The number of carbonyl (C=O) groups excluding carboxylic acids is 2. The number of benzene rings is 2. The van der Waals surface area contributed by atoms with Gasteiger partial charge in [-0.2, -0.15) is 0 Å². The van der Waals surface area contributed by atoms with Crippen molar-refractivity contribution in [2.45, 2.75) is 12.8 Å². The van der Waals surface area contributed by atoms with E-state index in [1.165, 1.54) is 48.8 Å². The summed E-state index contributed by atoms with van der Waals surface area (Å²) in [5, 5.41) is 7.94. The number of nitrogens with zero attached hydrogens (tertiary/aromatic N) is 4. The number of ether oxygens (including phenoxy) is 1. The van der Waals surface area contributed by atoms with Crippen molar-refractivity contribution in [3.05, 3.63) is 72.1 Å². The van der Waals surface area contributed by atoms with Crippen molar-refractivity contribution >= 4 is 40.8 Å². The molecule has 0 saturated carbocycles. The second kappa shape index (κ2) is 13.2. The normalized spacial score (nSPS) is 14.6. The van der Waals surface area contributed by atoms with Crippen LogP contribution in [-0.2, 0) is 11.2 Å². The van der Waals surface area contributed by atoms with Crippen LogP contribution in [0.25, 0.3) is 0 Å². The van der Waals surface area contributed by atoms with Gasteiger partial charge in [0.05, 0.1) is 6.42 Å². The Kier molecular flexibility index (Phi) is 9.51. The zero-order valence-electron chi connectivity index (χ0n) is 22.0. The number of halogens is 2. The lowest BCUT2D eigenvalue weighted by atomic mass is 10.1. The number of thiocarbonyl (C=S) groups is 1. The molecule has 0 aliphatic carbocycles. The average molecular weight is 570 g/mol. The van der Waals surface area contributed by atoms with Gasteiger partial charge in [0.25, 0.3) is 0 Å². The summed E-state index contributed by atoms with van der Waals surface area (Å²) in [5.41, 5.74) is 0.900. The Bertz CT molecular complexity index is 1370. The fourth-order valence-corrected chi connectivity index (χ4v) is 4.46. The zero-order valence-corrected chi connectivity index (χ0v) is 22.8. The Morgan fingerprint density at radius 3 is 2.60 bits per heavy atom. The predicted octanol–water partition coefficient (Wildman–Crippen LogP) is 4.02. The van der Waals surface area contributed by atoms with Gasteiger partial charge in [-0.15, -0.1) is 0 Å². The lowest BCUT2D eigenvalue weighted by molar-refractivity contribution is -0.119. The molecule has 1 aromatic heterocycles. The first kappa shape index (κ1) is 28.8. The van der Waals surface area contributed by atoms with E-state index in [1.807, 2.05) is 14.1 Å². The van der Waals surface area contributed by atoms with Crippen molar-refractivity contribution in [3.8, 4) is 11.6 Å². The van der Waals surface area contributed by atoms with E-state index in [2.05, 4.69) is 30.8 Å². The molecule has 2 aromatic carbocycles. The molecule has 0 spiro atoms. The summed E-state index contributed by atoms with van der Waals surface area (Å²) in [6.45, 7) is 2.23. The van der Waals surface area contributed by atoms with Crippen LogP contribution in [0.4, 0.5) is 25.1 Å². The highest BCUT2D eigenvalue weighted by Crippen LogP contribution is 2.27. The van der Waals surface area contributed by atoms with Gasteiger partial charge < -0.3 is 25.2 Å². The fraction of sp³-hybridized carbons (Fsp3) is 0.296. The van der Waals surface area contributed by atoms with Crippen LogP contribution >= 0.6 is 12.2 Å². The summed E-state index contributed by atoms with van der Waals surface area (Å²) in [6.07, 6.45) is 2.14. The molecular formula is C27H29F2N7O3S. The Balaban J connectivity index is 1.29. The number of likely N-dealkylation sites (tertiary alicyclic amines) is 1. The van der Waals surface area contributed by atoms with E-state index in [0.717, 1.165) is 19.0 Å². The van der Waals surface area contributed by atoms with E-state index in [1.54, 1.807) is 4.90 Å². The third-order valence-corrected chi connectivity index (χ3v) is 6.21. The van der Waals surface area contributed by atoms with Crippen LogP contribution in [0.1, 0.15) is 12.0 Å². The van der Waals surface area contributed by atoms with Crippen LogP contribution in [0.3, 0.4) is 0 Å². The van der Waals surface area contributed by atoms with E-state index in [-0.39, 0.29) is 40.7 Å². The van der Waals surface area contributed by atoms with E-state index >= 15 is 0 Å². The van der Waals surface area contributed by atoms with Crippen molar-refractivity contribution in [3.63, 3.8) is 0 Å². The number of carbonyl (C=O) groups is 2. The maximum atomic E-state index is 14.8. The number of hydrogen-bond acceptors (Lipinski definition) is 7. The van der Waals surface area contributed by atoms with Gasteiger partial charge in [-0.05, 0) is 68.5 Å². The van der Waals surface area contributed by atoms with Crippen molar-refractivity contribution in [1.82, 2.24) is 25.1 Å². The lowest BCUT2D eigenvalue weighted by Gasteiger charge is -2.19. The summed E-state index contributed by atoms with van der Waals surface area (Å²) in [6, 6.07) is 10.7. The number of nitrogens with one attached hydrogen (secondary N) is 3. The van der Waals surface area contributed by atoms with Crippen LogP contribution in [0.15, 0.2) is 54.9 Å². The monoisotopic (exact) mass is 569 g/mol. The van der Waals surface area contributed by atoms with Gasteiger partial charge in [0.15, 0.2) is 16.7 Å². The van der Waals surface area contributed by atoms with Gasteiger partial charge in [-0.3, -0.25) is 10.1 Å². The van der Waals surface area contributed by atoms with E-state index < -0.39 is 17.5 Å². The first-order valence-electron chi connectivity index (χ1n) is 12.5. The minimum absolute atomic E-state index is 0.000379. The minimum atomic E-state index is -0.710. The molecule has 1 saturated heterocycles. The second-order valence-electron chi connectivity index (χ2n) is 9.59. The number of rotatable bonds is 8. The van der Waals surface area contributed by atoms with E-state index in [4.69, 9.17) is 17.0 Å². The number of aromatic nitrogens is 2. The number of urea groups is 1. The molecule has 1 aliphatic rings. The maximum Gasteiger partial charge on any atom is 0.323 e. The van der Waals surface area contributed by atoms with Crippen LogP contribution in [0, 0.1) is 17.6 Å². The average Bonchev–Trinajstić information content (AvgIpc) is 3.35. The first-order chi connectivity index (χ1) is 19.1. The minimum Gasteiger partial charge on any atom is -0.436 e. The highest BCUT2D eigenvalue weighted by atomic mass is 32.1. The molecule has 3 amide bonds. The summed E-state index contributed by atoms with van der Waals surface area (Å²) >= 11 is 5.13. The van der Waals surface area contributed by atoms with Crippen LogP contribution in [0.5, 0.6) is 11.6 Å². The molecule has 210 valence electrons. The molecule has 1 aliphatic heterocycles. The van der Waals surface area contributed by atoms with Gasteiger partial charge >= 0.3 is 6.03 Å². The van der Waals surface area contributed by atoms with Crippen molar-refractivity contribution in [1.29, 1.82) is 0 Å². The maximum absolute atomic E-state index is 14.8. The summed E-state index contributed by atoms with van der Waals surface area (Å²) < 4.78 is 33.3. The predicted molar refractivity (Wildman–Crippen MR) is 150 cm³/mol. The summed E-state index contributed by atoms with van der Waals surface area (Å²) in [5.74, 6) is -0.939. The number of amides is 3. The van der Waals surface area contributed by atoms with E-state index in [0.29, 0.717) is 24.6 Å². The molecular weight excluding hydrogens is 540 g/mol. The highest BCUT2D eigenvalue weighted by molar-refractivity contribution is 7.80. The topological polar surface area (TPSA) is 112 Å². The smallest absolute Gasteiger partial charge is 0.323 e. The summed E-state index contributed by atoms with van der Waals surface area (Å²) in [7, 11) is 4.01.